The molecule has 1 heterocycles. The summed E-state index contributed by atoms with van der Waals surface area (Å²) in [5, 5.41) is 6.61. The lowest BCUT2D eigenvalue weighted by Crippen LogP contribution is -2.41. The summed E-state index contributed by atoms with van der Waals surface area (Å²) in [6.45, 7) is 5.90. The molecule has 1 saturated heterocycles. The number of ether oxygens (including phenoxy) is 1. The zero-order valence-electron chi connectivity index (χ0n) is 17.9. The summed E-state index contributed by atoms with van der Waals surface area (Å²) >= 11 is 1.86. The molecule has 1 aliphatic rings. The minimum Gasteiger partial charge on any atom is -0.379 e. The quantitative estimate of drug-likeness (QED) is 0.184. The van der Waals surface area contributed by atoms with Gasteiger partial charge in [-0.15, -0.1) is 24.0 Å². The molecule has 1 aromatic carbocycles. The van der Waals surface area contributed by atoms with E-state index in [1.54, 1.807) is 0 Å². The van der Waals surface area contributed by atoms with Crippen LogP contribution in [0.1, 0.15) is 30.9 Å². The number of hydrogen-bond donors (Lipinski definition) is 2. The number of thioether (sulfide) groups is 1. The van der Waals surface area contributed by atoms with Gasteiger partial charge in [-0.05, 0) is 42.9 Å². The Kier molecular flexibility index (Phi) is 14.0. The first-order chi connectivity index (χ1) is 14.1. The van der Waals surface area contributed by atoms with Crippen molar-refractivity contribution in [1.82, 2.24) is 14.9 Å². The monoisotopic (exact) mass is 570 g/mol. The SMILES string of the molecule is CCNC(=NCc1ccccc1CS(=O)(=O)N1CCOCC1)NCCCCSC.I. The Morgan fingerprint density at radius 1 is 1.17 bits per heavy atom. The van der Waals surface area contributed by atoms with Crippen molar-refractivity contribution in [2.24, 2.45) is 4.99 Å². The second kappa shape index (κ2) is 15.3. The summed E-state index contributed by atoms with van der Waals surface area (Å²) < 4.78 is 32.4. The molecule has 30 heavy (non-hydrogen) atoms. The van der Waals surface area contributed by atoms with E-state index < -0.39 is 10.0 Å². The maximum atomic E-state index is 12.8. The fraction of sp³-hybridized carbons (Fsp3) is 0.650. The third-order valence-electron chi connectivity index (χ3n) is 4.64. The molecule has 0 spiro atoms. The number of nitrogens with zero attached hydrogens (tertiary/aromatic N) is 2. The summed E-state index contributed by atoms with van der Waals surface area (Å²) in [6.07, 6.45) is 4.39. The number of guanidine groups is 1. The molecule has 0 saturated carbocycles. The summed E-state index contributed by atoms with van der Waals surface area (Å²) in [5.41, 5.74) is 1.74. The molecule has 2 rings (SSSR count). The number of unbranched alkanes of at least 4 members (excludes halogenated alkanes) is 1. The van der Waals surface area contributed by atoms with Crippen LogP contribution >= 0.6 is 35.7 Å². The average molecular weight is 571 g/mol. The maximum Gasteiger partial charge on any atom is 0.218 e. The van der Waals surface area contributed by atoms with Crippen LogP contribution < -0.4 is 10.6 Å². The van der Waals surface area contributed by atoms with Crippen molar-refractivity contribution in [3.05, 3.63) is 35.4 Å². The van der Waals surface area contributed by atoms with E-state index in [0.29, 0.717) is 32.8 Å². The number of aliphatic imine (C=N–C) groups is 1. The molecule has 10 heteroatoms. The standard InChI is InChI=1S/C20H34N4O3S2.HI/c1-3-21-20(22-10-6-7-15-28-2)23-16-18-8-4-5-9-19(18)17-29(25,26)24-11-13-27-14-12-24;/h4-5,8-9H,3,6-7,10-17H2,1-2H3,(H2,21,22,23);1H. The van der Waals surface area contributed by atoms with Gasteiger partial charge in [0.2, 0.25) is 10.0 Å². The minimum atomic E-state index is -3.36. The Labute approximate surface area is 202 Å². The fourth-order valence-electron chi connectivity index (χ4n) is 3.05. The van der Waals surface area contributed by atoms with Crippen LogP contribution in [0.5, 0.6) is 0 Å². The van der Waals surface area contributed by atoms with E-state index in [0.717, 1.165) is 36.6 Å². The van der Waals surface area contributed by atoms with Crippen LogP contribution in [-0.4, -0.2) is 70.1 Å². The van der Waals surface area contributed by atoms with Gasteiger partial charge in [0.1, 0.15) is 0 Å². The second-order valence-electron chi connectivity index (χ2n) is 6.86. The number of sulfonamides is 1. The van der Waals surface area contributed by atoms with E-state index in [-0.39, 0.29) is 29.7 Å². The molecule has 0 aromatic heterocycles. The third kappa shape index (κ3) is 9.71. The van der Waals surface area contributed by atoms with Crippen molar-refractivity contribution in [3.8, 4) is 0 Å². The fourth-order valence-corrected chi connectivity index (χ4v) is 5.10. The molecule has 0 unspecified atom stereocenters. The highest BCUT2D eigenvalue weighted by Crippen LogP contribution is 2.17. The maximum absolute atomic E-state index is 12.8. The number of rotatable bonds is 11. The van der Waals surface area contributed by atoms with Crippen molar-refractivity contribution < 1.29 is 13.2 Å². The number of benzene rings is 1. The molecular formula is C20H35IN4O3S2. The smallest absolute Gasteiger partial charge is 0.218 e. The van der Waals surface area contributed by atoms with Gasteiger partial charge in [0, 0.05) is 26.2 Å². The summed E-state index contributed by atoms with van der Waals surface area (Å²) in [7, 11) is -3.36. The zero-order chi connectivity index (χ0) is 21.0. The summed E-state index contributed by atoms with van der Waals surface area (Å²) in [4.78, 5) is 4.67. The molecule has 0 bridgehead atoms. The van der Waals surface area contributed by atoms with Crippen molar-refractivity contribution in [3.63, 3.8) is 0 Å². The van der Waals surface area contributed by atoms with Crippen molar-refractivity contribution in [2.45, 2.75) is 32.1 Å². The van der Waals surface area contributed by atoms with Gasteiger partial charge in [-0.2, -0.15) is 16.1 Å². The lowest BCUT2D eigenvalue weighted by molar-refractivity contribution is 0.0729. The molecule has 7 nitrogen and oxygen atoms in total. The third-order valence-corrected chi connectivity index (χ3v) is 7.16. The highest BCUT2D eigenvalue weighted by atomic mass is 127. The number of hydrogen-bond acceptors (Lipinski definition) is 5. The van der Waals surface area contributed by atoms with E-state index in [1.807, 2.05) is 43.0 Å². The van der Waals surface area contributed by atoms with E-state index in [4.69, 9.17) is 4.74 Å². The molecule has 1 aliphatic heterocycles. The first kappa shape index (κ1) is 27.5. The topological polar surface area (TPSA) is 83.0 Å². The predicted octanol–water partition coefficient (Wildman–Crippen LogP) is 2.66. The van der Waals surface area contributed by atoms with Gasteiger partial charge in [-0.25, -0.2) is 13.4 Å². The van der Waals surface area contributed by atoms with Crippen LogP contribution in [0.2, 0.25) is 0 Å². The van der Waals surface area contributed by atoms with Gasteiger partial charge in [0.25, 0.3) is 0 Å². The molecule has 1 fully saturated rings. The van der Waals surface area contributed by atoms with Gasteiger partial charge in [-0.3, -0.25) is 0 Å². The van der Waals surface area contributed by atoms with Gasteiger partial charge < -0.3 is 15.4 Å². The molecule has 2 N–H and O–H groups in total. The van der Waals surface area contributed by atoms with Gasteiger partial charge in [0.05, 0.1) is 25.5 Å². The summed E-state index contributed by atoms with van der Waals surface area (Å²) in [5.74, 6) is 1.93. The normalized spacial score (nSPS) is 15.5. The van der Waals surface area contributed by atoms with Crippen LogP contribution in [0.3, 0.4) is 0 Å². The van der Waals surface area contributed by atoms with Crippen molar-refractivity contribution >= 4 is 51.7 Å². The molecule has 0 atom stereocenters. The first-order valence-corrected chi connectivity index (χ1v) is 13.2. The highest BCUT2D eigenvalue weighted by Gasteiger charge is 2.25. The lowest BCUT2D eigenvalue weighted by Gasteiger charge is -2.26. The number of morpholine rings is 1. The van der Waals surface area contributed by atoms with E-state index >= 15 is 0 Å². The summed E-state index contributed by atoms with van der Waals surface area (Å²) in [6, 6.07) is 7.65. The van der Waals surface area contributed by atoms with Crippen molar-refractivity contribution in [2.75, 3.05) is 51.4 Å². The molecule has 0 radical (unpaired) electrons. The van der Waals surface area contributed by atoms with E-state index in [2.05, 4.69) is 21.9 Å². The van der Waals surface area contributed by atoms with Crippen LogP contribution in [0.4, 0.5) is 0 Å². The van der Waals surface area contributed by atoms with E-state index in [9.17, 15) is 8.42 Å². The molecule has 0 aliphatic carbocycles. The van der Waals surface area contributed by atoms with Crippen molar-refractivity contribution in [1.29, 1.82) is 0 Å². The Hall–Kier alpha value is -0.560. The van der Waals surface area contributed by atoms with Crippen LogP contribution in [0, 0.1) is 0 Å². The lowest BCUT2D eigenvalue weighted by atomic mass is 10.1. The predicted molar refractivity (Wildman–Crippen MR) is 137 cm³/mol. The molecule has 172 valence electrons. The first-order valence-electron chi connectivity index (χ1n) is 10.2. The largest absolute Gasteiger partial charge is 0.379 e. The average Bonchev–Trinajstić information content (AvgIpc) is 2.73. The van der Waals surface area contributed by atoms with Crippen LogP contribution in [0.25, 0.3) is 0 Å². The number of nitrogens with one attached hydrogen (secondary N) is 2. The Balaban J connectivity index is 0.00000450. The Morgan fingerprint density at radius 2 is 1.87 bits per heavy atom. The van der Waals surface area contributed by atoms with Gasteiger partial charge in [0.15, 0.2) is 5.96 Å². The van der Waals surface area contributed by atoms with Crippen LogP contribution in [0.15, 0.2) is 29.3 Å². The van der Waals surface area contributed by atoms with Gasteiger partial charge in [-0.1, -0.05) is 24.3 Å². The van der Waals surface area contributed by atoms with Crippen LogP contribution in [-0.2, 0) is 27.1 Å². The minimum absolute atomic E-state index is 0. The molecular weight excluding hydrogens is 535 g/mol. The molecule has 0 amide bonds. The Bertz CT molecular complexity index is 741. The van der Waals surface area contributed by atoms with Gasteiger partial charge >= 0.3 is 0 Å². The highest BCUT2D eigenvalue weighted by molar-refractivity contribution is 14.0. The Morgan fingerprint density at radius 3 is 2.53 bits per heavy atom. The number of halogens is 1. The van der Waals surface area contributed by atoms with E-state index in [1.165, 1.54) is 16.5 Å². The zero-order valence-corrected chi connectivity index (χ0v) is 21.9. The second-order valence-corrected chi connectivity index (χ2v) is 9.81. The molecule has 1 aromatic rings.